The number of rotatable bonds is 1. The summed E-state index contributed by atoms with van der Waals surface area (Å²) in [7, 11) is 0. The van der Waals surface area contributed by atoms with Crippen LogP contribution in [0.15, 0.2) is 11.6 Å². The molecule has 2 saturated carbocycles. The van der Waals surface area contributed by atoms with Gasteiger partial charge in [-0.2, -0.15) is 0 Å². The number of aliphatic hydroxyl groups is 4. The molecule has 176 valence electrons. The number of carbonyl (C=O) groups is 3. The lowest BCUT2D eigenvalue weighted by Gasteiger charge is -2.70. The molecule has 10 nitrogen and oxygen atoms in total. The van der Waals surface area contributed by atoms with E-state index in [-0.39, 0.29) is 13.0 Å². The van der Waals surface area contributed by atoms with Crippen molar-refractivity contribution in [3.05, 3.63) is 11.6 Å². The molecule has 1 spiro atoms. The molecule has 4 N–H and O–H groups in total. The Bertz CT molecular complexity index is 960. The van der Waals surface area contributed by atoms with E-state index in [1.54, 1.807) is 13.8 Å². The van der Waals surface area contributed by atoms with E-state index in [2.05, 4.69) is 0 Å². The second kappa shape index (κ2) is 6.18. The molecule has 4 fully saturated rings. The normalized spacial score (nSPS) is 56.0. The Morgan fingerprint density at radius 1 is 1.22 bits per heavy atom. The van der Waals surface area contributed by atoms with Gasteiger partial charge in [0.2, 0.25) is 5.79 Å². The van der Waals surface area contributed by atoms with Crippen molar-refractivity contribution in [3.8, 4) is 0 Å². The maximum atomic E-state index is 12.7. The first kappa shape index (κ1) is 22.0. The third kappa shape index (κ3) is 2.07. The number of carbonyl (C=O) groups excluding carboxylic acids is 3. The average molecular weight is 452 g/mol. The van der Waals surface area contributed by atoms with Gasteiger partial charge in [0, 0.05) is 24.2 Å². The van der Waals surface area contributed by atoms with Crippen molar-refractivity contribution in [1.29, 1.82) is 0 Å². The van der Waals surface area contributed by atoms with Crippen LogP contribution in [0, 0.1) is 28.6 Å². The van der Waals surface area contributed by atoms with Crippen molar-refractivity contribution >= 4 is 17.7 Å². The van der Waals surface area contributed by atoms with Gasteiger partial charge in [-0.1, -0.05) is 19.4 Å². The van der Waals surface area contributed by atoms with E-state index in [1.165, 1.54) is 13.0 Å². The molecule has 2 bridgehead atoms. The van der Waals surface area contributed by atoms with Gasteiger partial charge >= 0.3 is 11.9 Å². The van der Waals surface area contributed by atoms with Crippen molar-refractivity contribution in [2.45, 2.75) is 69.9 Å². The fourth-order valence-electron chi connectivity index (χ4n) is 7.94. The summed E-state index contributed by atoms with van der Waals surface area (Å²) in [6, 6.07) is 0. The van der Waals surface area contributed by atoms with Crippen molar-refractivity contribution in [2.24, 2.45) is 28.6 Å². The fraction of sp³-hybridized carbons (Fsp3) is 0.773. The fourth-order valence-corrected chi connectivity index (χ4v) is 7.94. The maximum absolute atomic E-state index is 12.7. The second-order valence-corrected chi connectivity index (χ2v) is 10.3. The van der Waals surface area contributed by atoms with Gasteiger partial charge in [-0.25, -0.2) is 4.79 Å². The molecule has 11 atom stereocenters. The Morgan fingerprint density at radius 2 is 1.88 bits per heavy atom. The zero-order valence-corrected chi connectivity index (χ0v) is 18.3. The van der Waals surface area contributed by atoms with Gasteiger partial charge in [0.15, 0.2) is 18.0 Å². The highest BCUT2D eigenvalue weighted by molar-refractivity contribution is 5.96. The molecule has 0 aromatic carbocycles. The molecule has 0 unspecified atom stereocenters. The minimum Gasteiger partial charge on any atom is -0.460 e. The number of fused-ring (bicyclic) bond motifs is 1. The van der Waals surface area contributed by atoms with Crippen molar-refractivity contribution < 1.29 is 49.0 Å². The molecule has 32 heavy (non-hydrogen) atoms. The van der Waals surface area contributed by atoms with Gasteiger partial charge in [-0.05, 0) is 25.3 Å². The molecular formula is C22H28O10. The third-order valence-corrected chi connectivity index (χ3v) is 9.14. The van der Waals surface area contributed by atoms with Crippen LogP contribution in [0.4, 0.5) is 0 Å². The molecule has 5 aliphatic rings. The van der Waals surface area contributed by atoms with E-state index in [4.69, 9.17) is 14.2 Å². The lowest BCUT2D eigenvalue weighted by Crippen LogP contribution is -2.84. The van der Waals surface area contributed by atoms with E-state index in [9.17, 15) is 34.8 Å². The number of hydrogen-bond acceptors (Lipinski definition) is 10. The second-order valence-electron chi connectivity index (χ2n) is 10.3. The van der Waals surface area contributed by atoms with Crippen molar-refractivity contribution in [2.75, 3.05) is 6.61 Å². The summed E-state index contributed by atoms with van der Waals surface area (Å²) < 4.78 is 16.9. The summed E-state index contributed by atoms with van der Waals surface area (Å²) in [4.78, 5) is 37.3. The molecule has 0 radical (unpaired) electrons. The number of esters is 2. The number of aliphatic hydroxyl groups excluding tert-OH is 2. The van der Waals surface area contributed by atoms with Crippen LogP contribution in [-0.2, 0) is 28.6 Å². The van der Waals surface area contributed by atoms with E-state index < -0.39 is 82.1 Å². The van der Waals surface area contributed by atoms with Gasteiger partial charge in [-0.15, -0.1) is 0 Å². The van der Waals surface area contributed by atoms with E-state index in [0.29, 0.717) is 5.57 Å². The van der Waals surface area contributed by atoms with Crippen LogP contribution in [0.1, 0.15) is 34.1 Å². The number of ketones is 1. The highest BCUT2D eigenvalue weighted by Gasteiger charge is 2.88. The zero-order valence-electron chi connectivity index (χ0n) is 18.3. The molecule has 0 aromatic heterocycles. The predicted molar refractivity (Wildman–Crippen MR) is 103 cm³/mol. The smallest absolute Gasteiger partial charge is 0.338 e. The van der Waals surface area contributed by atoms with Crippen molar-refractivity contribution in [1.82, 2.24) is 0 Å². The van der Waals surface area contributed by atoms with Crippen LogP contribution in [0.3, 0.4) is 0 Å². The van der Waals surface area contributed by atoms with Gasteiger partial charge in [0.25, 0.3) is 0 Å². The zero-order chi connectivity index (χ0) is 23.6. The molecule has 2 heterocycles. The van der Waals surface area contributed by atoms with Crippen LogP contribution in [0.25, 0.3) is 0 Å². The Morgan fingerprint density at radius 3 is 2.50 bits per heavy atom. The van der Waals surface area contributed by atoms with Gasteiger partial charge in [-0.3, -0.25) is 9.59 Å². The lowest BCUT2D eigenvalue weighted by atomic mass is 9.36. The lowest BCUT2D eigenvalue weighted by molar-refractivity contribution is -0.375. The van der Waals surface area contributed by atoms with E-state index in [0.717, 1.165) is 6.92 Å². The molecule has 0 amide bonds. The number of allylic oxidation sites excluding steroid dienone is 1. The maximum Gasteiger partial charge on any atom is 0.338 e. The summed E-state index contributed by atoms with van der Waals surface area (Å²) in [5, 5.41) is 46.1. The van der Waals surface area contributed by atoms with E-state index >= 15 is 0 Å². The van der Waals surface area contributed by atoms with Crippen molar-refractivity contribution in [3.63, 3.8) is 0 Å². The van der Waals surface area contributed by atoms with Gasteiger partial charge in [0.1, 0.15) is 17.8 Å². The monoisotopic (exact) mass is 452 g/mol. The van der Waals surface area contributed by atoms with Gasteiger partial charge in [0.05, 0.1) is 12.0 Å². The number of ether oxygens (including phenoxy) is 3. The Labute approximate surface area is 184 Å². The summed E-state index contributed by atoms with van der Waals surface area (Å²) in [5.41, 5.74) is -4.50. The van der Waals surface area contributed by atoms with Crippen LogP contribution < -0.4 is 0 Å². The topological polar surface area (TPSA) is 160 Å². The highest BCUT2D eigenvalue weighted by Crippen LogP contribution is 2.74. The van der Waals surface area contributed by atoms with E-state index in [1.807, 2.05) is 0 Å². The van der Waals surface area contributed by atoms with Crippen LogP contribution in [0.2, 0.25) is 0 Å². The summed E-state index contributed by atoms with van der Waals surface area (Å²) in [6.07, 6.45) is -4.51. The van der Waals surface area contributed by atoms with Crippen LogP contribution >= 0.6 is 0 Å². The minimum atomic E-state index is -2.22. The first-order valence-electron chi connectivity index (χ1n) is 10.8. The summed E-state index contributed by atoms with van der Waals surface area (Å²) in [5.74, 6) is -7.39. The summed E-state index contributed by atoms with van der Waals surface area (Å²) >= 11 is 0. The standard InChI is InChI=1S/C22H28O10/c1-8-5-12(24)14(25)19(4)11(8)6-13-20-7-30-22(29,18(19)20)16(31-10(3)23)9(2)21(20,28)15(26)17(27)32-13/h5,9,11,13-16,18,25-26,28-29H,6-7H2,1-4H3/t9-,11+,13+,14+,15-,16+,18-,19+,20+,21-,22-/m0/s1. The first-order valence-corrected chi connectivity index (χ1v) is 10.8. The summed E-state index contributed by atoms with van der Waals surface area (Å²) in [6.45, 7) is 5.61. The molecule has 2 saturated heterocycles. The molecule has 10 heteroatoms. The Hall–Kier alpha value is -1.85. The first-order chi connectivity index (χ1) is 14.8. The molecule has 0 aromatic rings. The van der Waals surface area contributed by atoms with Crippen LogP contribution in [-0.4, -0.2) is 80.6 Å². The molecule has 2 aliphatic heterocycles. The number of hydrogen-bond donors (Lipinski definition) is 4. The predicted octanol–water partition coefficient (Wildman–Crippen LogP) is -1.18. The molecule has 5 rings (SSSR count). The van der Waals surface area contributed by atoms with Crippen LogP contribution in [0.5, 0.6) is 0 Å². The third-order valence-electron chi connectivity index (χ3n) is 9.14. The van der Waals surface area contributed by atoms with Gasteiger partial charge < -0.3 is 34.6 Å². The quantitative estimate of drug-likeness (QED) is 0.357. The Kier molecular flexibility index (Phi) is 4.24. The SMILES string of the molecule is CC(=O)O[C@@H]1[C@H](C)[C@]2(O)[C@@H](O)C(=O)O[C@@H]3C[C@@H]4C(C)=CC(=O)[C@@H](O)[C@]4(C)[C@@H]4[C@@]1(O)OC[C@@]342. The molecule has 3 aliphatic carbocycles. The average Bonchev–Trinajstić information content (AvgIpc) is 3.02. The largest absolute Gasteiger partial charge is 0.460 e. The Balaban J connectivity index is 1.83. The highest BCUT2D eigenvalue weighted by atomic mass is 16.7. The minimum absolute atomic E-state index is 0.158. The molecular weight excluding hydrogens is 424 g/mol.